The summed E-state index contributed by atoms with van der Waals surface area (Å²) in [5, 5.41) is 87.8. The number of aliphatic hydroxyl groups is 8. The van der Waals surface area contributed by atoms with Crippen molar-refractivity contribution in [3.05, 3.63) is 24.3 Å². The second kappa shape index (κ2) is 73.3. The molecule has 2 aliphatic rings. The fraction of sp³-hybridized carbons (Fsp3) is 0.944. The van der Waals surface area contributed by atoms with Gasteiger partial charge < -0.3 is 65.1 Å². The van der Waals surface area contributed by atoms with Crippen molar-refractivity contribution in [3.8, 4) is 0 Å². The number of amides is 1. The van der Waals surface area contributed by atoms with E-state index in [2.05, 4.69) is 31.3 Å². The number of hydrogen-bond acceptors (Lipinski definition) is 13. The van der Waals surface area contributed by atoms with Crippen LogP contribution in [0.5, 0.6) is 0 Å². The molecule has 0 aromatic carbocycles. The minimum Gasteiger partial charge on any atom is -0.394 e. The molecular formula is C89H171NO13. The Morgan fingerprint density at radius 2 is 0.621 bits per heavy atom. The minimum absolute atomic E-state index is 0.238. The van der Waals surface area contributed by atoms with Crippen LogP contribution in [-0.2, 0) is 23.7 Å². The van der Waals surface area contributed by atoms with Gasteiger partial charge >= 0.3 is 0 Å². The molecule has 12 unspecified atom stereocenters. The summed E-state index contributed by atoms with van der Waals surface area (Å²) in [5.74, 6) is -0.238. The highest BCUT2D eigenvalue weighted by Gasteiger charge is 2.51. The molecule has 9 N–H and O–H groups in total. The van der Waals surface area contributed by atoms with E-state index in [0.717, 1.165) is 32.1 Å². The van der Waals surface area contributed by atoms with Gasteiger partial charge in [-0.1, -0.05) is 430 Å². The van der Waals surface area contributed by atoms with E-state index in [0.29, 0.717) is 12.8 Å². The molecule has 2 saturated heterocycles. The highest BCUT2D eigenvalue weighted by molar-refractivity contribution is 5.76. The smallest absolute Gasteiger partial charge is 0.220 e. The monoisotopic (exact) mass is 1460 g/mol. The van der Waals surface area contributed by atoms with Crippen molar-refractivity contribution >= 4 is 5.91 Å². The first kappa shape index (κ1) is 97.5. The summed E-state index contributed by atoms with van der Waals surface area (Å²) in [6, 6.07) is -0.931. The van der Waals surface area contributed by atoms with E-state index in [4.69, 9.17) is 18.9 Å². The lowest BCUT2D eigenvalue weighted by molar-refractivity contribution is -0.359. The largest absolute Gasteiger partial charge is 0.394 e. The molecule has 103 heavy (non-hydrogen) atoms. The van der Waals surface area contributed by atoms with Crippen LogP contribution in [0.1, 0.15) is 444 Å². The number of nitrogens with one attached hydrogen (secondary N) is 1. The average Bonchev–Trinajstić information content (AvgIpc) is 0.791. The van der Waals surface area contributed by atoms with Crippen LogP contribution in [-0.4, -0.2) is 140 Å². The predicted octanol–water partition coefficient (Wildman–Crippen LogP) is 21.8. The fourth-order valence-electron chi connectivity index (χ4n) is 15.3. The molecule has 14 nitrogen and oxygen atoms in total. The average molecular weight is 1460 g/mol. The van der Waals surface area contributed by atoms with Crippen LogP contribution in [0.25, 0.3) is 0 Å². The van der Waals surface area contributed by atoms with Crippen LogP contribution in [0.2, 0.25) is 0 Å². The van der Waals surface area contributed by atoms with E-state index < -0.39 is 86.8 Å². The molecule has 0 radical (unpaired) electrons. The van der Waals surface area contributed by atoms with Gasteiger partial charge in [-0.3, -0.25) is 4.79 Å². The van der Waals surface area contributed by atoms with E-state index in [1.54, 1.807) is 6.08 Å². The van der Waals surface area contributed by atoms with E-state index >= 15 is 0 Å². The first-order chi connectivity index (χ1) is 50.6. The number of aliphatic hydroxyl groups excluding tert-OH is 8. The predicted molar refractivity (Wildman–Crippen MR) is 429 cm³/mol. The van der Waals surface area contributed by atoms with Crippen LogP contribution >= 0.6 is 0 Å². The summed E-state index contributed by atoms with van der Waals surface area (Å²) in [4.78, 5) is 13.4. The van der Waals surface area contributed by atoms with Gasteiger partial charge in [0.05, 0.1) is 32.0 Å². The topological polar surface area (TPSA) is 228 Å². The lowest BCUT2D eigenvalue weighted by atomic mass is 9.97. The zero-order valence-electron chi connectivity index (χ0n) is 67.4. The lowest BCUT2D eigenvalue weighted by Gasteiger charge is -2.46. The maximum Gasteiger partial charge on any atom is 0.220 e. The molecule has 0 aliphatic carbocycles. The van der Waals surface area contributed by atoms with Gasteiger partial charge in [-0.05, 0) is 32.1 Å². The van der Waals surface area contributed by atoms with Crippen LogP contribution in [0, 0.1) is 0 Å². The van der Waals surface area contributed by atoms with Crippen molar-refractivity contribution in [2.24, 2.45) is 0 Å². The summed E-state index contributed by atoms with van der Waals surface area (Å²) in [6.07, 6.45) is 80.3. The molecule has 12 atom stereocenters. The molecule has 2 fully saturated rings. The number of hydrogen-bond donors (Lipinski definition) is 9. The number of rotatable bonds is 78. The van der Waals surface area contributed by atoms with Crippen molar-refractivity contribution in [2.45, 2.75) is 518 Å². The van der Waals surface area contributed by atoms with Crippen LogP contribution in [0.15, 0.2) is 24.3 Å². The number of carbonyl (C=O) groups is 1. The fourth-order valence-corrected chi connectivity index (χ4v) is 15.3. The lowest BCUT2D eigenvalue weighted by Crippen LogP contribution is -2.65. The van der Waals surface area contributed by atoms with Gasteiger partial charge in [0, 0.05) is 6.42 Å². The van der Waals surface area contributed by atoms with Crippen LogP contribution in [0.3, 0.4) is 0 Å². The maximum absolute atomic E-state index is 13.4. The number of allylic oxidation sites excluding steroid dienone is 3. The van der Waals surface area contributed by atoms with Gasteiger partial charge in [-0.25, -0.2) is 0 Å². The third-order valence-electron chi connectivity index (χ3n) is 22.4. The molecule has 14 heteroatoms. The Hall–Kier alpha value is -1.53. The van der Waals surface area contributed by atoms with Gasteiger partial charge in [0.2, 0.25) is 5.91 Å². The van der Waals surface area contributed by atoms with Crippen molar-refractivity contribution in [3.63, 3.8) is 0 Å². The summed E-state index contributed by atoms with van der Waals surface area (Å²) in [7, 11) is 0. The quantitative estimate of drug-likeness (QED) is 0.0204. The Bertz CT molecular complexity index is 1820. The third kappa shape index (κ3) is 55.5. The molecule has 0 aromatic heterocycles. The van der Waals surface area contributed by atoms with Crippen molar-refractivity contribution in [1.29, 1.82) is 0 Å². The SMILES string of the molecule is CCCCCCCCCCCCCCCCCCCCCCCCCC/C=C/CC/C=C/C(O)C(COC1OC(CO)C(OC2OC(CO)C(O)C(O)C2O)C(O)C1O)NC(=O)CCCCCCCCCCCCCCCCCCCCCCCCCCCCCCCCCCCCCCCCC. The first-order valence-electron chi connectivity index (χ1n) is 45.1. The molecule has 2 rings (SSSR count). The van der Waals surface area contributed by atoms with Gasteiger partial charge in [0.15, 0.2) is 12.6 Å². The van der Waals surface area contributed by atoms with E-state index in [1.165, 1.54) is 379 Å². The Labute approximate surface area is 634 Å². The van der Waals surface area contributed by atoms with E-state index in [9.17, 15) is 45.6 Å². The van der Waals surface area contributed by atoms with E-state index in [1.807, 2.05) is 6.08 Å². The van der Waals surface area contributed by atoms with E-state index in [-0.39, 0.29) is 18.9 Å². The molecule has 0 spiro atoms. The Kier molecular flexibility index (Phi) is 69.4. The third-order valence-corrected chi connectivity index (χ3v) is 22.4. The van der Waals surface area contributed by atoms with Crippen LogP contribution in [0.4, 0.5) is 0 Å². The minimum atomic E-state index is -1.79. The summed E-state index contributed by atoms with van der Waals surface area (Å²) >= 11 is 0. The molecule has 0 saturated carbocycles. The molecule has 0 aromatic rings. The second-order valence-electron chi connectivity index (χ2n) is 32.1. The zero-order valence-corrected chi connectivity index (χ0v) is 67.4. The van der Waals surface area contributed by atoms with Gasteiger partial charge in [0.25, 0.3) is 0 Å². The first-order valence-corrected chi connectivity index (χ1v) is 45.1. The van der Waals surface area contributed by atoms with Crippen molar-refractivity contribution < 1.29 is 64.6 Å². The molecule has 0 bridgehead atoms. The summed E-state index contributed by atoms with van der Waals surface area (Å²) < 4.78 is 22.9. The number of unbranched alkanes of at least 4 members (excludes halogenated alkanes) is 63. The molecule has 1 amide bonds. The van der Waals surface area contributed by atoms with Gasteiger partial charge in [0.1, 0.15) is 48.8 Å². The van der Waals surface area contributed by atoms with Gasteiger partial charge in [-0.15, -0.1) is 0 Å². The highest BCUT2D eigenvalue weighted by Crippen LogP contribution is 2.31. The Balaban J connectivity index is 1.56. The second-order valence-corrected chi connectivity index (χ2v) is 32.1. The number of ether oxygens (including phenoxy) is 4. The Morgan fingerprint density at radius 3 is 0.951 bits per heavy atom. The molecule has 610 valence electrons. The number of carbonyl (C=O) groups excluding carboxylic acids is 1. The molecular weight excluding hydrogens is 1290 g/mol. The zero-order chi connectivity index (χ0) is 74.4. The normalized spacial score (nSPS) is 21.6. The van der Waals surface area contributed by atoms with Gasteiger partial charge in [-0.2, -0.15) is 0 Å². The summed E-state index contributed by atoms with van der Waals surface area (Å²) in [6.45, 7) is 2.87. The molecule has 2 heterocycles. The molecule has 2 aliphatic heterocycles. The summed E-state index contributed by atoms with van der Waals surface area (Å²) in [5.41, 5.74) is 0. The Morgan fingerprint density at radius 1 is 0.340 bits per heavy atom. The van der Waals surface area contributed by atoms with Crippen LogP contribution < -0.4 is 5.32 Å². The standard InChI is InChI=1S/C89H171NO13/c1-3-5-7-9-11-13-15-17-19-21-23-25-27-29-31-33-35-36-37-38-39-40-41-42-43-45-47-49-51-53-55-57-59-61-63-65-67-69-71-73-81(94)90-77(76-100-88-86(99)84(97)87(80(75-92)102-88)103-89-85(98)83(96)82(95)79(74-91)101-89)78(93)72-70-68-66-64-62-60-58-56-54-52-50-48-46-44-34-32-30-28-26-24-22-20-18-16-14-12-10-8-6-4-2/h62,64,70,72,77-80,82-89,91-93,95-99H,3-61,63,65-69,71,73-76H2,1-2H3,(H,90,94)/b64-62+,72-70+. The maximum atomic E-state index is 13.4. The van der Waals surface area contributed by atoms with Crippen molar-refractivity contribution in [1.82, 2.24) is 5.32 Å². The highest BCUT2D eigenvalue weighted by atomic mass is 16.7. The van der Waals surface area contributed by atoms with Crippen molar-refractivity contribution in [2.75, 3.05) is 19.8 Å².